The number of ether oxygens (including phenoxy) is 2. The van der Waals surface area contributed by atoms with E-state index in [1.807, 2.05) is 0 Å². The molecule has 178 valence electrons. The zero-order valence-electron chi connectivity index (χ0n) is 17.9. The standard InChI is InChI=1S/C25H16Cl3NO5S/c26-16-3-8-18(9-4-16)33-12-11-29-23(30)22(35-25(29)32)13-15-1-6-19(7-2-15)34-24(31)20-10-5-17(27)14-21(20)28/h1-10,13-14H,11-12H2/b22-13-. The van der Waals surface area contributed by atoms with E-state index in [2.05, 4.69) is 0 Å². The van der Waals surface area contributed by atoms with Gasteiger partial charge in [-0.05, 0) is 78.0 Å². The van der Waals surface area contributed by atoms with E-state index in [1.54, 1.807) is 60.7 Å². The number of carbonyl (C=O) groups is 3. The lowest BCUT2D eigenvalue weighted by atomic mass is 10.2. The molecule has 3 aromatic carbocycles. The van der Waals surface area contributed by atoms with Crippen LogP contribution in [-0.2, 0) is 4.79 Å². The molecule has 0 radical (unpaired) electrons. The fourth-order valence-corrected chi connectivity index (χ4v) is 4.56. The van der Waals surface area contributed by atoms with Gasteiger partial charge in [0.05, 0.1) is 22.0 Å². The third-order valence-corrected chi connectivity index (χ3v) is 6.52. The second kappa shape index (κ2) is 11.2. The highest BCUT2D eigenvalue weighted by Gasteiger charge is 2.34. The highest BCUT2D eigenvalue weighted by Crippen LogP contribution is 2.32. The Morgan fingerprint density at radius 2 is 1.54 bits per heavy atom. The topological polar surface area (TPSA) is 72.9 Å². The number of hydrogen-bond donors (Lipinski definition) is 0. The summed E-state index contributed by atoms with van der Waals surface area (Å²) in [6.07, 6.45) is 1.60. The number of amides is 2. The molecule has 10 heteroatoms. The molecular formula is C25H16Cl3NO5S. The molecule has 0 aromatic heterocycles. The lowest BCUT2D eigenvalue weighted by molar-refractivity contribution is -0.123. The maximum absolute atomic E-state index is 12.7. The van der Waals surface area contributed by atoms with E-state index in [0.29, 0.717) is 32.0 Å². The number of hydrogen-bond acceptors (Lipinski definition) is 6. The molecule has 35 heavy (non-hydrogen) atoms. The molecule has 4 rings (SSSR count). The molecule has 1 heterocycles. The van der Waals surface area contributed by atoms with Gasteiger partial charge in [-0.3, -0.25) is 14.5 Å². The fraction of sp³-hybridized carbons (Fsp3) is 0.0800. The maximum Gasteiger partial charge on any atom is 0.345 e. The van der Waals surface area contributed by atoms with E-state index < -0.39 is 11.9 Å². The van der Waals surface area contributed by atoms with Crippen LogP contribution in [0.3, 0.4) is 0 Å². The first-order valence-corrected chi connectivity index (χ1v) is 12.2. The van der Waals surface area contributed by atoms with E-state index in [4.69, 9.17) is 44.3 Å². The van der Waals surface area contributed by atoms with Crippen molar-refractivity contribution in [3.05, 3.63) is 97.8 Å². The predicted molar refractivity (Wildman–Crippen MR) is 137 cm³/mol. The third-order valence-electron chi connectivity index (χ3n) is 4.81. The SMILES string of the molecule is O=C(Oc1ccc(/C=C2\SC(=O)N(CCOc3ccc(Cl)cc3)C2=O)cc1)c1ccc(Cl)cc1Cl. The van der Waals surface area contributed by atoms with Gasteiger partial charge in [-0.2, -0.15) is 0 Å². The number of esters is 1. The number of thioether (sulfide) groups is 1. The summed E-state index contributed by atoms with van der Waals surface area (Å²) in [5.74, 6) is -0.129. The first-order valence-electron chi connectivity index (χ1n) is 10.2. The van der Waals surface area contributed by atoms with Gasteiger partial charge in [-0.1, -0.05) is 46.9 Å². The first-order chi connectivity index (χ1) is 16.8. The average molecular weight is 549 g/mol. The Kier molecular flexibility index (Phi) is 8.03. The van der Waals surface area contributed by atoms with Gasteiger partial charge >= 0.3 is 5.97 Å². The second-order valence-electron chi connectivity index (χ2n) is 7.22. The minimum absolute atomic E-state index is 0.118. The van der Waals surface area contributed by atoms with Crippen LogP contribution in [0.2, 0.25) is 15.1 Å². The zero-order valence-corrected chi connectivity index (χ0v) is 21.0. The molecule has 1 saturated heterocycles. The average Bonchev–Trinajstić information content (AvgIpc) is 3.08. The quantitative estimate of drug-likeness (QED) is 0.180. The summed E-state index contributed by atoms with van der Waals surface area (Å²) in [6, 6.07) is 17.8. The van der Waals surface area contributed by atoms with Gasteiger partial charge in [0.1, 0.15) is 18.1 Å². The van der Waals surface area contributed by atoms with Gasteiger partial charge in [0.25, 0.3) is 11.1 Å². The van der Waals surface area contributed by atoms with Crippen LogP contribution in [0.4, 0.5) is 4.79 Å². The molecular weight excluding hydrogens is 533 g/mol. The fourth-order valence-electron chi connectivity index (χ4n) is 3.08. The lowest BCUT2D eigenvalue weighted by Gasteiger charge is -2.13. The van der Waals surface area contributed by atoms with Crippen molar-refractivity contribution in [2.45, 2.75) is 0 Å². The van der Waals surface area contributed by atoms with Crippen molar-refractivity contribution in [1.29, 1.82) is 0 Å². The Hall–Kier alpha value is -2.97. The maximum atomic E-state index is 12.7. The molecule has 0 unspecified atom stereocenters. The molecule has 0 aliphatic carbocycles. The molecule has 6 nitrogen and oxygen atoms in total. The second-order valence-corrected chi connectivity index (χ2v) is 9.49. The van der Waals surface area contributed by atoms with E-state index >= 15 is 0 Å². The van der Waals surface area contributed by atoms with Crippen molar-refractivity contribution in [2.75, 3.05) is 13.2 Å². The van der Waals surface area contributed by atoms with E-state index in [1.165, 1.54) is 12.1 Å². The summed E-state index contributed by atoms with van der Waals surface area (Å²) in [5, 5.41) is 0.819. The molecule has 0 atom stereocenters. The molecule has 0 N–H and O–H groups in total. The van der Waals surface area contributed by atoms with Crippen molar-refractivity contribution < 1.29 is 23.9 Å². The largest absolute Gasteiger partial charge is 0.492 e. The molecule has 0 spiro atoms. The predicted octanol–water partition coefficient (Wildman–Crippen LogP) is 6.98. The van der Waals surface area contributed by atoms with Gasteiger partial charge in [0.15, 0.2) is 0 Å². The normalized spacial score (nSPS) is 14.5. The zero-order chi connectivity index (χ0) is 24.9. The molecule has 1 aliphatic heterocycles. The van der Waals surface area contributed by atoms with Gasteiger partial charge in [0.2, 0.25) is 0 Å². The van der Waals surface area contributed by atoms with Crippen LogP contribution in [0.15, 0.2) is 71.6 Å². The lowest BCUT2D eigenvalue weighted by Crippen LogP contribution is -2.32. The molecule has 1 fully saturated rings. The molecule has 2 amide bonds. The van der Waals surface area contributed by atoms with Crippen LogP contribution in [0, 0.1) is 0 Å². The highest BCUT2D eigenvalue weighted by molar-refractivity contribution is 8.18. The van der Waals surface area contributed by atoms with Crippen molar-refractivity contribution in [1.82, 2.24) is 4.90 Å². The molecule has 1 aliphatic rings. The minimum atomic E-state index is -0.624. The monoisotopic (exact) mass is 547 g/mol. The molecule has 3 aromatic rings. The van der Waals surface area contributed by atoms with Crippen molar-refractivity contribution >= 4 is 69.8 Å². The number of rotatable bonds is 7. The molecule has 0 bridgehead atoms. The van der Waals surface area contributed by atoms with Crippen molar-refractivity contribution in [3.8, 4) is 11.5 Å². The van der Waals surface area contributed by atoms with Gasteiger partial charge in [0, 0.05) is 10.0 Å². The van der Waals surface area contributed by atoms with Crippen LogP contribution in [0.1, 0.15) is 15.9 Å². The summed E-state index contributed by atoms with van der Waals surface area (Å²) in [5.41, 5.74) is 0.853. The summed E-state index contributed by atoms with van der Waals surface area (Å²) >= 11 is 18.6. The van der Waals surface area contributed by atoms with Crippen LogP contribution in [0.25, 0.3) is 6.08 Å². The Morgan fingerprint density at radius 1 is 0.886 bits per heavy atom. The Balaban J connectivity index is 1.35. The Morgan fingerprint density at radius 3 is 2.23 bits per heavy atom. The van der Waals surface area contributed by atoms with Crippen LogP contribution < -0.4 is 9.47 Å². The minimum Gasteiger partial charge on any atom is -0.492 e. The number of imide groups is 1. The van der Waals surface area contributed by atoms with E-state index in [0.717, 1.165) is 16.7 Å². The summed E-state index contributed by atoms with van der Waals surface area (Å²) in [7, 11) is 0. The van der Waals surface area contributed by atoms with E-state index in [9.17, 15) is 14.4 Å². The molecule has 0 saturated carbocycles. The van der Waals surface area contributed by atoms with Crippen molar-refractivity contribution in [3.63, 3.8) is 0 Å². The van der Waals surface area contributed by atoms with Crippen LogP contribution in [-0.4, -0.2) is 35.2 Å². The Labute approximate surface area is 220 Å². The first kappa shape index (κ1) is 25.1. The number of nitrogens with zero attached hydrogens (tertiary/aromatic N) is 1. The Bertz CT molecular complexity index is 1310. The van der Waals surface area contributed by atoms with Gasteiger partial charge in [-0.25, -0.2) is 4.79 Å². The summed E-state index contributed by atoms with van der Waals surface area (Å²) in [6.45, 7) is 0.275. The number of benzene rings is 3. The number of carbonyl (C=O) groups excluding carboxylic acids is 3. The smallest absolute Gasteiger partial charge is 0.345 e. The summed E-state index contributed by atoms with van der Waals surface area (Å²) < 4.78 is 10.9. The van der Waals surface area contributed by atoms with Crippen LogP contribution in [0.5, 0.6) is 11.5 Å². The van der Waals surface area contributed by atoms with Crippen molar-refractivity contribution in [2.24, 2.45) is 0 Å². The van der Waals surface area contributed by atoms with Crippen LogP contribution >= 0.6 is 46.6 Å². The number of halogens is 3. The van der Waals surface area contributed by atoms with Gasteiger partial charge < -0.3 is 9.47 Å². The van der Waals surface area contributed by atoms with E-state index in [-0.39, 0.29) is 29.0 Å². The van der Waals surface area contributed by atoms with Gasteiger partial charge in [-0.15, -0.1) is 0 Å². The summed E-state index contributed by atoms with van der Waals surface area (Å²) in [4.78, 5) is 38.8. The third kappa shape index (κ3) is 6.38. The highest BCUT2D eigenvalue weighted by atomic mass is 35.5.